The molecule has 2 amide bonds. The van der Waals surface area contributed by atoms with Crippen LogP contribution in [0.2, 0.25) is 0 Å². The summed E-state index contributed by atoms with van der Waals surface area (Å²) in [5.74, 6) is 0.907. The van der Waals surface area contributed by atoms with Gasteiger partial charge in [-0.3, -0.25) is 9.88 Å². The molecule has 1 aliphatic rings. The SMILES string of the molecule is C[C@@H](NC(=O)NC[C@@H](c1ccco1)N1CCCCC1)c1ccncc1. The highest BCUT2D eigenvalue weighted by Gasteiger charge is 2.25. The summed E-state index contributed by atoms with van der Waals surface area (Å²) in [5.41, 5.74) is 1.03. The molecule has 1 fully saturated rings. The number of urea groups is 1. The maximum atomic E-state index is 12.3. The quantitative estimate of drug-likeness (QED) is 0.845. The molecular formula is C19H26N4O2. The first-order chi connectivity index (χ1) is 12.2. The van der Waals surface area contributed by atoms with Crippen molar-refractivity contribution in [3.05, 3.63) is 54.2 Å². The maximum Gasteiger partial charge on any atom is 0.315 e. The van der Waals surface area contributed by atoms with Crippen LogP contribution in [0.15, 0.2) is 47.3 Å². The van der Waals surface area contributed by atoms with Crippen LogP contribution >= 0.6 is 0 Å². The summed E-state index contributed by atoms with van der Waals surface area (Å²) >= 11 is 0. The van der Waals surface area contributed by atoms with Crippen LogP contribution in [0.1, 0.15) is 49.6 Å². The van der Waals surface area contributed by atoms with Crippen LogP contribution < -0.4 is 10.6 Å². The fourth-order valence-corrected chi connectivity index (χ4v) is 3.29. The summed E-state index contributed by atoms with van der Waals surface area (Å²) in [6, 6.07) is 7.54. The van der Waals surface area contributed by atoms with Crippen LogP contribution in [0, 0.1) is 0 Å². The summed E-state index contributed by atoms with van der Waals surface area (Å²) < 4.78 is 5.61. The number of aromatic nitrogens is 1. The van der Waals surface area contributed by atoms with Gasteiger partial charge in [-0.05, 0) is 62.7 Å². The number of rotatable bonds is 6. The van der Waals surface area contributed by atoms with E-state index in [9.17, 15) is 4.79 Å². The van der Waals surface area contributed by atoms with Gasteiger partial charge in [-0.1, -0.05) is 6.42 Å². The Labute approximate surface area is 148 Å². The molecule has 2 N–H and O–H groups in total. The number of likely N-dealkylation sites (tertiary alicyclic amines) is 1. The van der Waals surface area contributed by atoms with Gasteiger partial charge in [0.2, 0.25) is 0 Å². The molecular weight excluding hydrogens is 316 g/mol. The fourth-order valence-electron chi connectivity index (χ4n) is 3.29. The van der Waals surface area contributed by atoms with E-state index in [4.69, 9.17) is 4.42 Å². The van der Waals surface area contributed by atoms with Crippen molar-refractivity contribution in [2.45, 2.75) is 38.3 Å². The van der Waals surface area contributed by atoms with E-state index < -0.39 is 0 Å². The normalized spacial score (nSPS) is 17.6. The number of nitrogens with zero attached hydrogens (tertiary/aromatic N) is 2. The van der Waals surface area contributed by atoms with Crippen molar-refractivity contribution >= 4 is 6.03 Å². The second kappa shape index (κ2) is 8.67. The predicted octanol–water partition coefficient (Wildman–Crippen LogP) is 3.26. The van der Waals surface area contributed by atoms with Crippen LogP contribution in [0.4, 0.5) is 4.79 Å². The Morgan fingerprint density at radius 3 is 2.68 bits per heavy atom. The number of piperidine rings is 1. The first-order valence-corrected chi connectivity index (χ1v) is 8.96. The van der Waals surface area contributed by atoms with Gasteiger partial charge >= 0.3 is 6.03 Å². The van der Waals surface area contributed by atoms with Gasteiger partial charge in [-0.25, -0.2) is 4.79 Å². The van der Waals surface area contributed by atoms with Gasteiger partial charge in [0.1, 0.15) is 5.76 Å². The van der Waals surface area contributed by atoms with E-state index in [1.54, 1.807) is 18.7 Å². The monoisotopic (exact) mass is 342 g/mol. The summed E-state index contributed by atoms with van der Waals surface area (Å²) in [6.45, 7) is 4.58. The molecule has 0 saturated carbocycles. The lowest BCUT2D eigenvalue weighted by Crippen LogP contribution is -2.44. The number of carbonyl (C=O) groups is 1. The standard InChI is InChI=1S/C19H26N4O2/c1-15(16-7-9-20-10-8-16)22-19(24)21-14-17(18-6-5-13-25-18)23-11-3-2-4-12-23/h5-10,13,15,17H,2-4,11-12,14H2,1H3,(H2,21,22,24)/t15-,17+/m1/s1. The smallest absolute Gasteiger partial charge is 0.315 e. The van der Waals surface area contributed by atoms with Crippen LogP contribution in [-0.2, 0) is 0 Å². The highest BCUT2D eigenvalue weighted by atomic mass is 16.3. The van der Waals surface area contributed by atoms with Crippen molar-refractivity contribution in [2.24, 2.45) is 0 Å². The Kier molecular flexibility index (Phi) is 6.06. The molecule has 1 saturated heterocycles. The van der Waals surface area contributed by atoms with E-state index in [-0.39, 0.29) is 18.1 Å². The molecule has 3 rings (SSSR count). The molecule has 0 unspecified atom stereocenters. The number of pyridine rings is 1. The van der Waals surface area contributed by atoms with Crippen molar-refractivity contribution in [3.63, 3.8) is 0 Å². The van der Waals surface area contributed by atoms with Crippen LogP contribution in [-0.4, -0.2) is 35.5 Å². The minimum Gasteiger partial charge on any atom is -0.468 e. The maximum absolute atomic E-state index is 12.3. The molecule has 0 radical (unpaired) electrons. The first kappa shape index (κ1) is 17.5. The summed E-state index contributed by atoms with van der Waals surface area (Å²) in [5, 5.41) is 5.97. The van der Waals surface area contributed by atoms with E-state index in [2.05, 4.69) is 20.5 Å². The van der Waals surface area contributed by atoms with E-state index in [0.717, 1.165) is 24.4 Å². The lowest BCUT2D eigenvalue weighted by Gasteiger charge is -2.33. The average Bonchev–Trinajstić information content (AvgIpc) is 3.18. The second-order valence-electron chi connectivity index (χ2n) is 6.48. The lowest BCUT2D eigenvalue weighted by molar-refractivity contribution is 0.143. The molecule has 3 heterocycles. The Bertz CT molecular complexity index is 639. The van der Waals surface area contributed by atoms with Crippen LogP contribution in [0.5, 0.6) is 0 Å². The van der Waals surface area contributed by atoms with Crippen molar-refractivity contribution < 1.29 is 9.21 Å². The molecule has 0 spiro atoms. The van der Waals surface area contributed by atoms with Gasteiger partial charge in [0.25, 0.3) is 0 Å². The van der Waals surface area contributed by atoms with E-state index >= 15 is 0 Å². The third-order valence-electron chi connectivity index (χ3n) is 4.71. The minimum atomic E-state index is -0.169. The van der Waals surface area contributed by atoms with E-state index in [1.807, 2.05) is 31.2 Å². The second-order valence-corrected chi connectivity index (χ2v) is 6.48. The number of furan rings is 1. The molecule has 0 aliphatic carbocycles. The van der Waals surface area contributed by atoms with Crippen LogP contribution in [0.25, 0.3) is 0 Å². The number of hydrogen-bond donors (Lipinski definition) is 2. The zero-order valence-electron chi connectivity index (χ0n) is 14.6. The number of amides is 2. The van der Waals surface area contributed by atoms with Gasteiger partial charge in [0, 0.05) is 18.9 Å². The largest absolute Gasteiger partial charge is 0.468 e. The number of carbonyl (C=O) groups excluding carboxylic acids is 1. The van der Waals surface area contributed by atoms with E-state index in [1.165, 1.54) is 19.3 Å². The molecule has 0 aromatic carbocycles. The number of nitrogens with one attached hydrogen (secondary N) is 2. The fraction of sp³-hybridized carbons (Fsp3) is 0.474. The molecule has 0 bridgehead atoms. The zero-order valence-corrected chi connectivity index (χ0v) is 14.6. The molecule has 6 heteroatoms. The molecule has 134 valence electrons. The van der Waals surface area contributed by atoms with Crippen molar-refractivity contribution in [3.8, 4) is 0 Å². The van der Waals surface area contributed by atoms with Crippen LogP contribution in [0.3, 0.4) is 0 Å². The number of hydrogen-bond acceptors (Lipinski definition) is 4. The summed E-state index contributed by atoms with van der Waals surface area (Å²) in [7, 11) is 0. The lowest BCUT2D eigenvalue weighted by atomic mass is 10.1. The summed E-state index contributed by atoms with van der Waals surface area (Å²) in [6.07, 6.45) is 8.82. The molecule has 2 atom stereocenters. The Hall–Kier alpha value is -2.34. The van der Waals surface area contributed by atoms with Crippen molar-refractivity contribution in [1.29, 1.82) is 0 Å². The van der Waals surface area contributed by atoms with E-state index in [0.29, 0.717) is 6.54 Å². The van der Waals surface area contributed by atoms with Gasteiger partial charge in [-0.2, -0.15) is 0 Å². The van der Waals surface area contributed by atoms with Gasteiger partial charge in [0.05, 0.1) is 18.3 Å². The molecule has 6 nitrogen and oxygen atoms in total. The molecule has 25 heavy (non-hydrogen) atoms. The highest BCUT2D eigenvalue weighted by Crippen LogP contribution is 2.24. The highest BCUT2D eigenvalue weighted by molar-refractivity contribution is 5.74. The topological polar surface area (TPSA) is 70.4 Å². The third-order valence-corrected chi connectivity index (χ3v) is 4.71. The average molecular weight is 342 g/mol. The molecule has 1 aliphatic heterocycles. The van der Waals surface area contributed by atoms with Crippen molar-refractivity contribution in [2.75, 3.05) is 19.6 Å². The van der Waals surface area contributed by atoms with Gasteiger partial charge in [0.15, 0.2) is 0 Å². The Morgan fingerprint density at radius 1 is 1.24 bits per heavy atom. The van der Waals surface area contributed by atoms with Gasteiger partial charge in [-0.15, -0.1) is 0 Å². The Morgan fingerprint density at radius 2 is 2.00 bits per heavy atom. The van der Waals surface area contributed by atoms with Gasteiger partial charge < -0.3 is 15.1 Å². The molecule has 2 aromatic rings. The zero-order chi connectivity index (χ0) is 17.5. The minimum absolute atomic E-state index is 0.0694. The predicted molar refractivity (Wildman–Crippen MR) is 96.1 cm³/mol. The third kappa shape index (κ3) is 4.82. The first-order valence-electron chi connectivity index (χ1n) is 8.96. The Balaban J connectivity index is 1.56. The van der Waals surface area contributed by atoms with Crippen molar-refractivity contribution in [1.82, 2.24) is 20.5 Å². The summed E-state index contributed by atoms with van der Waals surface area (Å²) in [4.78, 5) is 18.7. The molecule has 2 aromatic heterocycles.